The first-order valence-corrected chi connectivity index (χ1v) is 10.1. The smallest absolute Gasteiger partial charge is 0.357 e. The van der Waals surface area contributed by atoms with E-state index in [1.54, 1.807) is 26.4 Å². The van der Waals surface area contributed by atoms with E-state index >= 15 is 0 Å². The normalized spacial score (nSPS) is 10.7. The molecule has 4 rings (SSSR count). The van der Waals surface area contributed by atoms with Crippen LogP contribution >= 0.6 is 11.3 Å². The van der Waals surface area contributed by atoms with E-state index in [9.17, 15) is 9.18 Å². The summed E-state index contributed by atoms with van der Waals surface area (Å²) in [5.74, 6) is 0.330. The van der Waals surface area contributed by atoms with Gasteiger partial charge in [-0.2, -0.15) is 0 Å². The summed E-state index contributed by atoms with van der Waals surface area (Å²) in [6.07, 6.45) is 2.88. The fourth-order valence-corrected chi connectivity index (χ4v) is 3.74. The molecule has 0 fully saturated rings. The van der Waals surface area contributed by atoms with Gasteiger partial charge in [-0.25, -0.2) is 19.2 Å². The average molecular weight is 439 g/mol. The van der Waals surface area contributed by atoms with Gasteiger partial charge < -0.3 is 14.2 Å². The summed E-state index contributed by atoms with van der Waals surface area (Å²) in [6, 6.07) is 11.3. The maximum atomic E-state index is 13.2. The third-order valence-corrected chi connectivity index (χ3v) is 5.43. The van der Waals surface area contributed by atoms with Crippen molar-refractivity contribution in [1.29, 1.82) is 0 Å². The van der Waals surface area contributed by atoms with E-state index in [4.69, 9.17) is 14.2 Å². The van der Waals surface area contributed by atoms with Crippen LogP contribution in [0.15, 0.2) is 60.4 Å². The number of carbonyl (C=O) groups is 1. The molecule has 0 aliphatic rings. The number of ether oxygens (including phenoxy) is 3. The highest BCUT2D eigenvalue weighted by molar-refractivity contribution is 7.13. The zero-order valence-electron chi connectivity index (χ0n) is 16.7. The van der Waals surface area contributed by atoms with Crippen LogP contribution in [0.1, 0.15) is 16.2 Å². The fraction of sp³-hybridized carbons (Fsp3) is 0.136. The largest absolute Gasteiger partial charge is 0.493 e. The number of halogens is 1. The van der Waals surface area contributed by atoms with E-state index in [1.165, 1.54) is 40.6 Å². The van der Waals surface area contributed by atoms with Gasteiger partial charge in [0.15, 0.2) is 17.2 Å². The molecular weight excluding hydrogens is 421 g/mol. The lowest BCUT2D eigenvalue weighted by molar-refractivity contribution is 0.0459. The van der Waals surface area contributed by atoms with E-state index in [1.807, 2.05) is 23.6 Å². The van der Waals surface area contributed by atoms with Gasteiger partial charge >= 0.3 is 5.97 Å². The minimum absolute atomic E-state index is 0.0111. The molecule has 7 nitrogen and oxygen atoms in total. The lowest BCUT2D eigenvalue weighted by Crippen LogP contribution is -2.11. The Bertz CT molecular complexity index is 1200. The Morgan fingerprint density at radius 3 is 2.61 bits per heavy atom. The molecule has 0 atom stereocenters. The van der Waals surface area contributed by atoms with E-state index < -0.39 is 5.97 Å². The zero-order valence-corrected chi connectivity index (χ0v) is 17.6. The number of methoxy groups -OCH3 is 2. The molecule has 0 N–H and O–H groups in total. The van der Waals surface area contributed by atoms with Crippen molar-refractivity contribution in [2.45, 2.75) is 6.61 Å². The summed E-state index contributed by atoms with van der Waals surface area (Å²) in [4.78, 5) is 21.1. The number of carbonyl (C=O) groups excluding carboxylic acids is 1. The number of esters is 1. The summed E-state index contributed by atoms with van der Waals surface area (Å²) < 4.78 is 30.7. The Morgan fingerprint density at radius 1 is 1.10 bits per heavy atom. The molecule has 0 saturated carbocycles. The van der Waals surface area contributed by atoms with Crippen molar-refractivity contribution in [2.24, 2.45) is 0 Å². The average Bonchev–Trinajstić information content (AvgIpc) is 3.47. The predicted molar refractivity (Wildman–Crippen MR) is 113 cm³/mol. The van der Waals surface area contributed by atoms with E-state index in [0.29, 0.717) is 22.9 Å². The number of hydrogen-bond acceptors (Lipinski definition) is 7. The van der Waals surface area contributed by atoms with Crippen molar-refractivity contribution < 1.29 is 23.4 Å². The highest BCUT2D eigenvalue weighted by Crippen LogP contribution is 2.33. The molecule has 31 heavy (non-hydrogen) atoms. The first-order valence-electron chi connectivity index (χ1n) is 9.21. The number of nitrogens with zero attached hydrogens (tertiary/aromatic N) is 3. The van der Waals surface area contributed by atoms with Gasteiger partial charge in [0.25, 0.3) is 0 Å². The van der Waals surface area contributed by atoms with Crippen molar-refractivity contribution in [3.63, 3.8) is 0 Å². The molecule has 0 unspecified atom stereocenters. The maximum Gasteiger partial charge on any atom is 0.357 e. The lowest BCUT2D eigenvalue weighted by Gasteiger charge is -2.08. The molecule has 0 aliphatic carbocycles. The van der Waals surface area contributed by atoms with Crippen LogP contribution in [0.3, 0.4) is 0 Å². The molecule has 4 aromatic rings. The van der Waals surface area contributed by atoms with Crippen molar-refractivity contribution in [3.05, 3.63) is 77.6 Å². The van der Waals surface area contributed by atoms with E-state index in [0.717, 1.165) is 10.6 Å². The van der Waals surface area contributed by atoms with Crippen molar-refractivity contribution >= 4 is 17.3 Å². The third-order valence-electron chi connectivity index (χ3n) is 4.49. The maximum absolute atomic E-state index is 13.2. The molecule has 2 heterocycles. The van der Waals surface area contributed by atoms with Gasteiger partial charge in [-0.3, -0.25) is 4.57 Å². The highest BCUT2D eigenvalue weighted by atomic mass is 32.1. The number of imidazole rings is 1. The van der Waals surface area contributed by atoms with Crippen molar-refractivity contribution in [2.75, 3.05) is 14.2 Å². The van der Waals surface area contributed by atoms with Crippen molar-refractivity contribution in [1.82, 2.24) is 14.5 Å². The Morgan fingerprint density at radius 2 is 1.87 bits per heavy atom. The molecule has 2 aromatic carbocycles. The van der Waals surface area contributed by atoms with Crippen LogP contribution in [0.2, 0.25) is 0 Å². The number of aromatic nitrogens is 3. The van der Waals surface area contributed by atoms with Gasteiger partial charge in [0.2, 0.25) is 0 Å². The zero-order chi connectivity index (χ0) is 21.8. The molecule has 0 amide bonds. The summed E-state index contributed by atoms with van der Waals surface area (Å²) in [7, 11) is 3.15. The van der Waals surface area contributed by atoms with Crippen LogP contribution in [-0.4, -0.2) is 34.7 Å². The molecule has 0 spiro atoms. The van der Waals surface area contributed by atoms with Crippen LogP contribution in [0, 0.1) is 5.82 Å². The molecule has 0 radical (unpaired) electrons. The van der Waals surface area contributed by atoms with Gasteiger partial charge in [0, 0.05) is 16.6 Å². The minimum Gasteiger partial charge on any atom is -0.493 e. The molecule has 0 aliphatic heterocycles. The Balaban J connectivity index is 1.46. The summed E-state index contributed by atoms with van der Waals surface area (Å²) in [5.41, 5.74) is 2.34. The lowest BCUT2D eigenvalue weighted by atomic mass is 10.2. The van der Waals surface area contributed by atoms with Crippen molar-refractivity contribution in [3.8, 4) is 27.8 Å². The predicted octanol–water partition coefficient (Wildman–Crippen LogP) is 4.51. The molecule has 0 saturated heterocycles. The number of benzene rings is 2. The van der Waals surface area contributed by atoms with Gasteiger partial charge in [-0.05, 0) is 42.5 Å². The Hall–Kier alpha value is -3.72. The monoisotopic (exact) mass is 439 g/mol. The minimum atomic E-state index is -0.553. The first kappa shape index (κ1) is 20.5. The van der Waals surface area contributed by atoms with Gasteiger partial charge in [-0.15, -0.1) is 11.3 Å². The van der Waals surface area contributed by atoms with Gasteiger partial charge in [0.1, 0.15) is 17.4 Å². The van der Waals surface area contributed by atoms with Crippen LogP contribution in [0.25, 0.3) is 16.3 Å². The molecule has 2 aromatic heterocycles. The highest BCUT2D eigenvalue weighted by Gasteiger charge is 2.16. The van der Waals surface area contributed by atoms with Gasteiger partial charge in [-0.1, -0.05) is 0 Å². The first-order chi connectivity index (χ1) is 15.1. The molecule has 158 valence electrons. The van der Waals surface area contributed by atoms with E-state index in [-0.39, 0.29) is 18.1 Å². The summed E-state index contributed by atoms with van der Waals surface area (Å²) in [5, 5.41) is 2.60. The summed E-state index contributed by atoms with van der Waals surface area (Å²) >= 11 is 1.43. The van der Waals surface area contributed by atoms with Crippen LogP contribution in [0.4, 0.5) is 4.39 Å². The SMILES string of the molecule is COc1ccc(-c2nc(COC(=O)c3cncn3-c3ccc(F)cc3)cs2)cc1OC. The second-order valence-corrected chi connectivity index (χ2v) is 7.27. The van der Waals surface area contributed by atoms with Crippen LogP contribution < -0.4 is 9.47 Å². The van der Waals surface area contributed by atoms with E-state index in [2.05, 4.69) is 9.97 Å². The fourth-order valence-electron chi connectivity index (χ4n) is 2.94. The van der Waals surface area contributed by atoms with Gasteiger partial charge in [0.05, 0.1) is 32.4 Å². The van der Waals surface area contributed by atoms with Crippen LogP contribution in [0.5, 0.6) is 11.5 Å². The number of thiazole rings is 1. The molecule has 0 bridgehead atoms. The standard InChI is InChI=1S/C22H18FN3O4S/c1-28-19-8-3-14(9-20(19)29-2)21-25-16(12-31-21)11-30-22(27)18-10-24-13-26(18)17-6-4-15(23)5-7-17/h3-10,12-13H,11H2,1-2H3. The quantitative estimate of drug-likeness (QED) is 0.395. The topological polar surface area (TPSA) is 75.5 Å². The molecular formula is C22H18FN3O4S. The Kier molecular flexibility index (Phi) is 5.94. The Labute approximate surface area is 181 Å². The molecule has 9 heteroatoms. The second-order valence-electron chi connectivity index (χ2n) is 6.42. The number of hydrogen-bond donors (Lipinski definition) is 0. The summed E-state index contributed by atoms with van der Waals surface area (Å²) in [6.45, 7) is 0.0111. The third kappa shape index (κ3) is 4.41. The number of rotatable bonds is 7. The second kappa shape index (κ2) is 8.97. The van der Waals surface area contributed by atoms with Crippen LogP contribution in [-0.2, 0) is 11.3 Å².